The highest BCUT2D eigenvalue weighted by atomic mass is 35.5. The van der Waals surface area contributed by atoms with Crippen LogP contribution in [-0.2, 0) is 13.5 Å². The van der Waals surface area contributed by atoms with Gasteiger partial charge in [0.15, 0.2) is 0 Å². The lowest BCUT2D eigenvalue weighted by molar-refractivity contribution is 0.529. The molecule has 0 aliphatic carbocycles. The second-order valence-corrected chi connectivity index (χ2v) is 5.65. The van der Waals surface area contributed by atoms with Gasteiger partial charge in [-0.1, -0.05) is 42.3 Å². The Bertz CT molecular complexity index is 593. The first-order valence-electron chi connectivity index (χ1n) is 6.69. The fourth-order valence-corrected chi connectivity index (χ4v) is 2.81. The summed E-state index contributed by atoms with van der Waals surface area (Å²) in [5, 5.41) is 9.34. The Morgan fingerprint density at radius 3 is 2.65 bits per heavy atom. The molecule has 1 aromatic carbocycles. The number of hydrogen-bond donors (Lipinski definition) is 1. The summed E-state index contributed by atoms with van der Waals surface area (Å²) in [5.74, 6) is 0. The monoisotopic (exact) mass is 311 g/mol. The van der Waals surface area contributed by atoms with Crippen LogP contribution in [0.5, 0.6) is 0 Å². The molecular formula is C15H19Cl2N3. The van der Waals surface area contributed by atoms with Gasteiger partial charge in [-0.25, -0.2) is 0 Å². The number of halogens is 2. The molecule has 0 saturated carbocycles. The van der Waals surface area contributed by atoms with Crippen LogP contribution in [-0.4, -0.2) is 16.3 Å². The molecule has 5 heteroatoms. The van der Waals surface area contributed by atoms with E-state index in [2.05, 4.69) is 23.4 Å². The molecule has 0 aliphatic heterocycles. The van der Waals surface area contributed by atoms with Crippen LogP contribution in [0.25, 0.3) is 0 Å². The average Bonchev–Trinajstić information content (AvgIpc) is 2.64. The topological polar surface area (TPSA) is 29.9 Å². The fourth-order valence-electron chi connectivity index (χ4n) is 2.37. The standard InChI is InChI=1S/C15H19Cl2N3/c1-4-18-13(11-6-5-7-12(16)8-11)9-14-15(17)10(2)19-20(14)3/h5-8,13,18H,4,9H2,1-3H3. The van der Waals surface area contributed by atoms with Crippen LogP contribution in [0.15, 0.2) is 24.3 Å². The van der Waals surface area contributed by atoms with E-state index in [1.807, 2.05) is 36.9 Å². The number of benzene rings is 1. The van der Waals surface area contributed by atoms with Gasteiger partial charge < -0.3 is 5.32 Å². The van der Waals surface area contributed by atoms with Gasteiger partial charge in [-0.05, 0) is 31.2 Å². The molecule has 2 aromatic rings. The summed E-state index contributed by atoms with van der Waals surface area (Å²) in [6.45, 7) is 4.90. The first kappa shape index (κ1) is 15.4. The summed E-state index contributed by atoms with van der Waals surface area (Å²) in [4.78, 5) is 0. The zero-order valence-corrected chi connectivity index (χ0v) is 13.5. The molecule has 1 atom stereocenters. The third kappa shape index (κ3) is 3.35. The molecular weight excluding hydrogens is 293 g/mol. The molecule has 0 fully saturated rings. The highest BCUT2D eigenvalue weighted by Crippen LogP contribution is 2.26. The molecule has 1 unspecified atom stereocenters. The summed E-state index contributed by atoms with van der Waals surface area (Å²) in [6.07, 6.45) is 0.782. The van der Waals surface area contributed by atoms with Crippen LogP contribution in [0.4, 0.5) is 0 Å². The molecule has 108 valence electrons. The Balaban J connectivity index is 2.30. The second-order valence-electron chi connectivity index (χ2n) is 4.84. The molecule has 2 rings (SSSR count). The number of aryl methyl sites for hydroxylation is 2. The maximum absolute atomic E-state index is 6.34. The van der Waals surface area contributed by atoms with Crippen LogP contribution in [0.2, 0.25) is 10.0 Å². The lowest BCUT2D eigenvalue weighted by Gasteiger charge is -2.19. The predicted octanol–water partition coefficient (Wildman–Crippen LogP) is 3.93. The molecule has 0 spiro atoms. The van der Waals surface area contributed by atoms with Crippen molar-refractivity contribution in [1.82, 2.24) is 15.1 Å². The highest BCUT2D eigenvalue weighted by Gasteiger charge is 2.18. The van der Waals surface area contributed by atoms with Gasteiger partial charge in [0.05, 0.1) is 16.4 Å². The minimum atomic E-state index is 0.172. The molecule has 20 heavy (non-hydrogen) atoms. The van der Waals surface area contributed by atoms with Gasteiger partial charge in [-0.15, -0.1) is 0 Å². The quantitative estimate of drug-likeness (QED) is 0.906. The first-order valence-corrected chi connectivity index (χ1v) is 7.45. The van der Waals surface area contributed by atoms with E-state index in [1.165, 1.54) is 0 Å². The van der Waals surface area contributed by atoms with Gasteiger partial charge in [0, 0.05) is 24.5 Å². The first-order chi connectivity index (χ1) is 9.52. The molecule has 3 nitrogen and oxygen atoms in total. The van der Waals surface area contributed by atoms with E-state index in [0.717, 1.165) is 40.0 Å². The zero-order chi connectivity index (χ0) is 14.7. The third-order valence-corrected chi connectivity index (χ3v) is 4.09. The summed E-state index contributed by atoms with van der Waals surface area (Å²) in [6, 6.07) is 8.10. The summed E-state index contributed by atoms with van der Waals surface area (Å²) < 4.78 is 1.85. The van der Waals surface area contributed by atoms with E-state index in [9.17, 15) is 0 Å². The summed E-state index contributed by atoms with van der Waals surface area (Å²) in [5.41, 5.74) is 3.06. The number of nitrogens with zero attached hydrogens (tertiary/aromatic N) is 2. The number of nitrogens with one attached hydrogen (secondary N) is 1. The summed E-state index contributed by atoms with van der Waals surface area (Å²) >= 11 is 12.4. The van der Waals surface area contributed by atoms with Crippen molar-refractivity contribution in [3.05, 3.63) is 51.3 Å². The van der Waals surface area contributed by atoms with Gasteiger partial charge in [-0.3, -0.25) is 4.68 Å². The highest BCUT2D eigenvalue weighted by molar-refractivity contribution is 6.32. The molecule has 1 N–H and O–H groups in total. The maximum Gasteiger partial charge on any atom is 0.0847 e. The van der Waals surface area contributed by atoms with E-state index in [-0.39, 0.29) is 6.04 Å². The van der Waals surface area contributed by atoms with Crippen molar-refractivity contribution in [3.63, 3.8) is 0 Å². The molecule has 0 aliphatic rings. The Morgan fingerprint density at radius 2 is 2.10 bits per heavy atom. The summed E-state index contributed by atoms with van der Waals surface area (Å²) in [7, 11) is 1.93. The molecule has 0 amide bonds. The molecule has 1 heterocycles. The predicted molar refractivity (Wildman–Crippen MR) is 84.5 cm³/mol. The Morgan fingerprint density at radius 1 is 1.35 bits per heavy atom. The van der Waals surface area contributed by atoms with E-state index in [1.54, 1.807) is 0 Å². The van der Waals surface area contributed by atoms with Crippen molar-refractivity contribution >= 4 is 23.2 Å². The SMILES string of the molecule is CCNC(Cc1c(Cl)c(C)nn1C)c1cccc(Cl)c1. The Hall–Kier alpha value is -1.03. The van der Waals surface area contributed by atoms with E-state index >= 15 is 0 Å². The zero-order valence-electron chi connectivity index (χ0n) is 12.0. The van der Waals surface area contributed by atoms with E-state index in [4.69, 9.17) is 23.2 Å². The Labute approximate surface area is 129 Å². The lowest BCUT2D eigenvalue weighted by Crippen LogP contribution is -2.24. The molecule has 0 saturated heterocycles. The number of likely N-dealkylation sites (N-methyl/N-ethyl adjacent to an activating group) is 1. The molecule has 0 radical (unpaired) electrons. The van der Waals surface area contributed by atoms with Crippen LogP contribution in [0.3, 0.4) is 0 Å². The minimum absolute atomic E-state index is 0.172. The van der Waals surface area contributed by atoms with Crippen LogP contribution < -0.4 is 5.32 Å². The van der Waals surface area contributed by atoms with Gasteiger partial charge in [0.2, 0.25) is 0 Å². The smallest absolute Gasteiger partial charge is 0.0847 e. The average molecular weight is 312 g/mol. The fraction of sp³-hybridized carbons (Fsp3) is 0.400. The Kier molecular flexibility index (Phi) is 5.08. The van der Waals surface area contributed by atoms with Crippen molar-refractivity contribution in [2.45, 2.75) is 26.3 Å². The minimum Gasteiger partial charge on any atom is -0.310 e. The normalized spacial score (nSPS) is 12.7. The van der Waals surface area contributed by atoms with Crippen molar-refractivity contribution in [3.8, 4) is 0 Å². The number of aromatic nitrogens is 2. The number of hydrogen-bond acceptors (Lipinski definition) is 2. The van der Waals surface area contributed by atoms with Crippen molar-refractivity contribution in [1.29, 1.82) is 0 Å². The van der Waals surface area contributed by atoms with Crippen LogP contribution in [0, 0.1) is 6.92 Å². The van der Waals surface area contributed by atoms with Crippen LogP contribution >= 0.6 is 23.2 Å². The lowest BCUT2D eigenvalue weighted by atomic mass is 10.0. The molecule has 1 aromatic heterocycles. The van der Waals surface area contributed by atoms with Gasteiger partial charge in [0.25, 0.3) is 0 Å². The van der Waals surface area contributed by atoms with Crippen molar-refractivity contribution in [2.24, 2.45) is 7.05 Å². The second kappa shape index (κ2) is 6.61. The van der Waals surface area contributed by atoms with Crippen molar-refractivity contribution < 1.29 is 0 Å². The van der Waals surface area contributed by atoms with Crippen LogP contribution in [0.1, 0.15) is 29.9 Å². The van der Waals surface area contributed by atoms with Crippen molar-refractivity contribution in [2.75, 3.05) is 6.54 Å². The number of rotatable bonds is 5. The van der Waals surface area contributed by atoms with E-state index in [0.29, 0.717) is 0 Å². The van der Waals surface area contributed by atoms with Gasteiger partial charge >= 0.3 is 0 Å². The third-order valence-electron chi connectivity index (χ3n) is 3.36. The molecule has 0 bridgehead atoms. The maximum atomic E-state index is 6.34. The largest absolute Gasteiger partial charge is 0.310 e. The van der Waals surface area contributed by atoms with Gasteiger partial charge in [0.1, 0.15) is 0 Å². The van der Waals surface area contributed by atoms with Gasteiger partial charge in [-0.2, -0.15) is 5.10 Å². The van der Waals surface area contributed by atoms with E-state index < -0.39 is 0 Å².